The van der Waals surface area contributed by atoms with Gasteiger partial charge in [-0.3, -0.25) is 9.59 Å². The zero-order chi connectivity index (χ0) is 18.2. The molecule has 0 aromatic heterocycles. The molecule has 0 spiro atoms. The third kappa shape index (κ3) is 3.65. The van der Waals surface area contributed by atoms with Crippen LogP contribution in [0.5, 0.6) is 0 Å². The number of hydrogen-bond acceptors (Lipinski definition) is 3. The second kappa shape index (κ2) is 6.47. The van der Waals surface area contributed by atoms with E-state index in [-0.39, 0.29) is 11.3 Å². The van der Waals surface area contributed by atoms with E-state index in [0.29, 0.717) is 11.3 Å². The summed E-state index contributed by atoms with van der Waals surface area (Å²) in [5.41, 5.74) is 2.50. The molecule has 0 radical (unpaired) electrons. The van der Waals surface area contributed by atoms with Crippen molar-refractivity contribution in [3.05, 3.63) is 62.7 Å². The minimum absolute atomic E-state index is 0.00128. The summed E-state index contributed by atoms with van der Waals surface area (Å²) >= 11 is 2.08. The summed E-state index contributed by atoms with van der Waals surface area (Å²) in [6.07, 6.45) is -4.47. The van der Waals surface area contributed by atoms with Crippen molar-refractivity contribution in [2.45, 2.75) is 6.18 Å². The number of halogens is 4. The van der Waals surface area contributed by atoms with E-state index in [1.807, 2.05) is 6.07 Å². The fourth-order valence-corrected chi connectivity index (χ4v) is 2.71. The summed E-state index contributed by atoms with van der Waals surface area (Å²) in [6.45, 7) is 0. The summed E-state index contributed by atoms with van der Waals surface area (Å²) in [5, 5.41) is 6.43. The zero-order valence-electron chi connectivity index (χ0n) is 12.3. The molecule has 9 heteroatoms. The summed E-state index contributed by atoms with van der Waals surface area (Å²) in [7, 11) is 0. The third-order valence-corrected chi connectivity index (χ3v) is 4.11. The predicted octanol–water partition coefficient (Wildman–Crippen LogP) is 3.40. The number of amides is 2. The quantitative estimate of drug-likeness (QED) is 0.534. The van der Waals surface area contributed by atoms with E-state index in [9.17, 15) is 22.8 Å². The summed E-state index contributed by atoms with van der Waals surface area (Å²) in [6, 6.07) is 8.97. The van der Waals surface area contributed by atoms with Crippen LogP contribution in [0.3, 0.4) is 0 Å². The van der Waals surface area contributed by atoms with Gasteiger partial charge in [0.2, 0.25) is 0 Å². The van der Waals surface area contributed by atoms with Gasteiger partial charge in [0.1, 0.15) is 0 Å². The largest absolute Gasteiger partial charge is 0.416 e. The number of carbonyl (C=O) groups is 2. The van der Waals surface area contributed by atoms with Crippen LogP contribution >= 0.6 is 22.6 Å². The molecular weight excluding hydrogens is 450 g/mol. The maximum atomic E-state index is 12.5. The minimum Gasteiger partial charge on any atom is -0.320 e. The van der Waals surface area contributed by atoms with Crippen LogP contribution < -0.4 is 10.7 Å². The lowest BCUT2D eigenvalue weighted by Crippen LogP contribution is -2.23. The Hall–Kier alpha value is -2.43. The Bertz CT molecular complexity index is 892. The number of hydrazone groups is 1. The summed E-state index contributed by atoms with van der Waals surface area (Å²) in [5.74, 6) is -1.18. The van der Waals surface area contributed by atoms with Crippen molar-refractivity contribution < 1.29 is 22.8 Å². The van der Waals surface area contributed by atoms with Gasteiger partial charge in [-0.1, -0.05) is 0 Å². The van der Waals surface area contributed by atoms with E-state index >= 15 is 0 Å². The molecule has 2 amide bonds. The van der Waals surface area contributed by atoms with Crippen LogP contribution in [0, 0.1) is 3.57 Å². The molecule has 0 saturated heterocycles. The van der Waals surface area contributed by atoms with Gasteiger partial charge in [-0.15, -0.1) is 0 Å². The first-order chi connectivity index (χ1) is 11.8. The highest BCUT2D eigenvalue weighted by atomic mass is 127. The molecule has 128 valence electrons. The van der Waals surface area contributed by atoms with E-state index in [4.69, 9.17) is 0 Å². The Kier molecular flexibility index (Phi) is 4.50. The number of hydrogen-bond donors (Lipinski definition) is 2. The molecule has 5 nitrogen and oxygen atoms in total. The number of alkyl halides is 3. The van der Waals surface area contributed by atoms with Crippen molar-refractivity contribution in [3.8, 4) is 0 Å². The zero-order valence-corrected chi connectivity index (χ0v) is 14.5. The number of nitrogens with zero attached hydrogens (tertiary/aromatic N) is 1. The lowest BCUT2D eigenvalue weighted by atomic mass is 10.1. The second-order valence-corrected chi connectivity index (χ2v) is 6.37. The van der Waals surface area contributed by atoms with E-state index in [0.717, 1.165) is 27.8 Å². The summed E-state index contributed by atoms with van der Waals surface area (Å²) < 4.78 is 38.5. The molecule has 2 aromatic rings. The van der Waals surface area contributed by atoms with Crippen LogP contribution in [0.2, 0.25) is 0 Å². The predicted molar refractivity (Wildman–Crippen MR) is 93.2 cm³/mol. The second-order valence-electron chi connectivity index (χ2n) is 5.12. The topological polar surface area (TPSA) is 70.6 Å². The highest BCUT2D eigenvalue weighted by Crippen LogP contribution is 2.29. The molecule has 0 unspecified atom stereocenters. The van der Waals surface area contributed by atoms with Gasteiger partial charge in [0.25, 0.3) is 11.8 Å². The molecule has 3 rings (SSSR count). The van der Waals surface area contributed by atoms with Gasteiger partial charge in [0, 0.05) is 14.7 Å². The molecule has 2 N–H and O–H groups in total. The first-order valence-electron chi connectivity index (χ1n) is 6.92. The monoisotopic (exact) mass is 459 g/mol. The van der Waals surface area contributed by atoms with Crippen molar-refractivity contribution in [2.24, 2.45) is 5.10 Å². The average Bonchev–Trinajstić information content (AvgIpc) is 2.86. The first kappa shape index (κ1) is 17.4. The lowest BCUT2D eigenvalue weighted by molar-refractivity contribution is -0.137. The van der Waals surface area contributed by atoms with Crippen LogP contribution in [-0.2, 0) is 11.0 Å². The van der Waals surface area contributed by atoms with Crippen LogP contribution in [0.25, 0.3) is 0 Å². The molecule has 0 aliphatic carbocycles. The first-order valence-corrected chi connectivity index (χ1v) is 8.00. The van der Waals surface area contributed by atoms with Crippen molar-refractivity contribution >= 4 is 45.8 Å². The molecular formula is C16H9F3IN3O2. The molecule has 0 bridgehead atoms. The SMILES string of the molecule is O=C1Nc2ccc(I)cc2/C1=N\NC(=O)c1ccc(C(F)(F)F)cc1. The van der Waals surface area contributed by atoms with Gasteiger partial charge in [0.05, 0.1) is 11.3 Å². The van der Waals surface area contributed by atoms with Gasteiger partial charge in [0.15, 0.2) is 5.71 Å². The Morgan fingerprint density at radius 1 is 1.12 bits per heavy atom. The Morgan fingerprint density at radius 3 is 2.44 bits per heavy atom. The van der Waals surface area contributed by atoms with Crippen molar-refractivity contribution in [2.75, 3.05) is 5.32 Å². The average molecular weight is 459 g/mol. The molecule has 1 heterocycles. The minimum atomic E-state index is -4.47. The van der Waals surface area contributed by atoms with Crippen molar-refractivity contribution in [3.63, 3.8) is 0 Å². The standard InChI is InChI=1S/C16H9F3IN3O2/c17-16(18,19)9-3-1-8(2-4-9)14(24)23-22-13-11-7-10(20)5-6-12(11)21-15(13)25/h1-7H,(H,23,24)(H,21,22,25). The van der Waals surface area contributed by atoms with Gasteiger partial charge in [-0.05, 0) is 65.1 Å². The Morgan fingerprint density at radius 2 is 1.80 bits per heavy atom. The molecule has 2 aromatic carbocycles. The van der Waals surface area contributed by atoms with Crippen LogP contribution in [0.4, 0.5) is 18.9 Å². The highest BCUT2D eigenvalue weighted by Gasteiger charge is 2.30. The van der Waals surface area contributed by atoms with Gasteiger partial charge < -0.3 is 5.32 Å². The van der Waals surface area contributed by atoms with E-state index in [1.165, 1.54) is 0 Å². The van der Waals surface area contributed by atoms with Crippen LogP contribution in [0.15, 0.2) is 47.6 Å². The number of anilines is 1. The molecule has 0 saturated carbocycles. The van der Waals surface area contributed by atoms with Crippen LogP contribution in [-0.4, -0.2) is 17.5 Å². The smallest absolute Gasteiger partial charge is 0.320 e. The van der Waals surface area contributed by atoms with Crippen molar-refractivity contribution in [1.29, 1.82) is 0 Å². The van der Waals surface area contributed by atoms with Crippen molar-refractivity contribution in [1.82, 2.24) is 5.43 Å². The maximum Gasteiger partial charge on any atom is 0.416 e. The molecule has 1 aliphatic heterocycles. The number of fused-ring (bicyclic) bond motifs is 1. The fourth-order valence-electron chi connectivity index (χ4n) is 2.22. The number of rotatable bonds is 2. The van der Waals surface area contributed by atoms with E-state index < -0.39 is 23.6 Å². The normalized spacial score (nSPS) is 15.0. The third-order valence-electron chi connectivity index (χ3n) is 3.44. The lowest BCUT2D eigenvalue weighted by Gasteiger charge is -2.07. The Labute approximate surface area is 153 Å². The van der Waals surface area contributed by atoms with Gasteiger partial charge in [-0.2, -0.15) is 18.3 Å². The molecule has 0 atom stereocenters. The molecule has 25 heavy (non-hydrogen) atoms. The highest BCUT2D eigenvalue weighted by molar-refractivity contribution is 14.1. The molecule has 1 aliphatic rings. The van der Waals surface area contributed by atoms with Gasteiger partial charge >= 0.3 is 6.18 Å². The van der Waals surface area contributed by atoms with E-state index in [2.05, 4.69) is 38.4 Å². The maximum absolute atomic E-state index is 12.5. The number of benzene rings is 2. The number of carbonyl (C=O) groups excluding carboxylic acids is 2. The summed E-state index contributed by atoms with van der Waals surface area (Å²) in [4.78, 5) is 23.9. The van der Waals surface area contributed by atoms with Gasteiger partial charge in [-0.25, -0.2) is 5.43 Å². The van der Waals surface area contributed by atoms with Crippen LogP contribution in [0.1, 0.15) is 21.5 Å². The van der Waals surface area contributed by atoms with E-state index in [1.54, 1.807) is 12.1 Å². The Balaban J connectivity index is 1.79. The fraction of sp³-hybridized carbons (Fsp3) is 0.0625. The molecule has 0 fully saturated rings. The number of nitrogens with one attached hydrogen (secondary N) is 2.